The molecule has 0 aromatic carbocycles. The second-order valence-corrected chi connectivity index (χ2v) is 5.22. The fourth-order valence-electron chi connectivity index (χ4n) is 1.41. The molecule has 2 heterocycles. The molecule has 0 aliphatic heterocycles. The van der Waals surface area contributed by atoms with Crippen LogP contribution in [0.1, 0.15) is 10.6 Å². The Bertz CT molecular complexity index is 481. The minimum Gasteiger partial charge on any atom is -0.299 e. The third kappa shape index (κ3) is 3.15. The Morgan fingerprint density at radius 2 is 2.12 bits per heavy atom. The highest BCUT2D eigenvalue weighted by atomic mass is 35.5. The van der Waals surface area contributed by atoms with Gasteiger partial charge in [-0.15, -0.1) is 11.3 Å². The molecule has 2 rings (SSSR count). The number of nitrogens with zero attached hydrogens (tertiary/aromatic N) is 1. The van der Waals surface area contributed by atoms with Gasteiger partial charge < -0.3 is 0 Å². The van der Waals surface area contributed by atoms with E-state index in [1.54, 1.807) is 6.20 Å². The molecule has 4 heteroatoms. The molecule has 0 atom stereocenters. The number of hydrogen-bond acceptors (Lipinski definition) is 3. The molecule has 0 amide bonds. The van der Waals surface area contributed by atoms with E-state index >= 15 is 0 Å². The van der Waals surface area contributed by atoms with E-state index in [-0.39, 0.29) is 5.78 Å². The fourth-order valence-corrected chi connectivity index (χ4v) is 2.52. The quantitative estimate of drug-likeness (QED) is 0.836. The summed E-state index contributed by atoms with van der Waals surface area (Å²) in [4.78, 5) is 16.8. The van der Waals surface area contributed by atoms with Gasteiger partial charge >= 0.3 is 0 Å². The molecular formula is C12H10ClNOS. The summed E-state index contributed by atoms with van der Waals surface area (Å²) < 4.78 is 0.723. The molecule has 0 fully saturated rings. The molecule has 0 N–H and O–H groups in total. The van der Waals surface area contributed by atoms with Crippen LogP contribution in [0.3, 0.4) is 0 Å². The van der Waals surface area contributed by atoms with E-state index in [1.807, 2.05) is 30.3 Å². The Morgan fingerprint density at radius 3 is 2.75 bits per heavy atom. The summed E-state index contributed by atoms with van der Waals surface area (Å²) in [6.45, 7) is 0. The molecule has 82 valence electrons. The average molecular weight is 252 g/mol. The molecule has 16 heavy (non-hydrogen) atoms. The topological polar surface area (TPSA) is 30.0 Å². The molecule has 0 aliphatic carbocycles. The maximum absolute atomic E-state index is 11.7. The van der Waals surface area contributed by atoms with Crippen LogP contribution < -0.4 is 0 Å². The van der Waals surface area contributed by atoms with Gasteiger partial charge in [-0.1, -0.05) is 17.7 Å². The van der Waals surface area contributed by atoms with E-state index in [2.05, 4.69) is 4.98 Å². The van der Waals surface area contributed by atoms with Gasteiger partial charge in [-0.3, -0.25) is 9.78 Å². The van der Waals surface area contributed by atoms with Crippen LogP contribution in [0.15, 0.2) is 36.5 Å². The first-order valence-corrected chi connectivity index (χ1v) is 6.09. The first-order valence-electron chi connectivity index (χ1n) is 4.90. The van der Waals surface area contributed by atoms with Crippen LogP contribution in [0, 0.1) is 0 Å². The lowest BCUT2D eigenvalue weighted by atomic mass is 10.1. The van der Waals surface area contributed by atoms with Gasteiger partial charge in [0.25, 0.3) is 0 Å². The molecule has 2 aromatic rings. The van der Waals surface area contributed by atoms with E-state index < -0.39 is 0 Å². The number of halogens is 1. The van der Waals surface area contributed by atoms with Gasteiger partial charge in [0.05, 0.1) is 4.34 Å². The normalized spacial score (nSPS) is 10.3. The minimum atomic E-state index is 0.164. The van der Waals surface area contributed by atoms with E-state index in [9.17, 15) is 4.79 Å². The van der Waals surface area contributed by atoms with Gasteiger partial charge in [0.1, 0.15) is 5.78 Å². The standard InChI is InChI=1S/C12H10ClNOS/c13-12-5-4-11(16-12)8-10(15)7-9-3-1-2-6-14-9/h1-6H,7-8H2. The highest BCUT2D eigenvalue weighted by Crippen LogP contribution is 2.22. The van der Waals surface area contributed by atoms with Crippen LogP contribution in [0.4, 0.5) is 0 Å². The molecule has 0 saturated heterocycles. The number of thiophene rings is 1. The highest BCUT2D eigenvalue weighted by Gasteiger charge is 2.07. The second kappa shape index (κ2) is 5.23. The molecular weight excluding hydrogens is 242 g/mol. The number of carbonyl (C=O) groups excluding carboxylic acids is 1. The van der Waals surface area contributed by atoms with Crippen molar-refractivity contribution in [3.8, 4) is 0 Å². The van der Waals surface area contributed by atoms with Gasteiger partial charge in [0.2, 0.25) is 0 Å². The van der Waals surface area contributed by atoms with Crippen LogP contribution in [0.25, 0.3) is 0 Å². The number of carbonyl (C=O) groups is 1. The molecule has 2 aromatic heterocycles. The SMILES string of the molecule is O=C(Cc1ccccn1)Cc1ccc(Cl)s1. The van der Waals surface area contributed by atoms with Gasteiger partial charge in [0, 0.05) is 29.6 Å². The lowest BCUT2D eigenvalue weighted by Crippen LogP contribution is -2.06. The van der Waals surface area contributed by atoms with Crippen LogP contribution in [0.2, 0.25) is 4.34 Å². The molecule has 0 spiro atoms. The van der Waals surface area contributed by atoms with Gasteiger partial charge in [-0.25, -0.2) is 0 Å². The lowest BCUT2D eigenvalue weighted by Gasteiger charge is -1.98. The molecule has 0 aliphatic rings. The zero-order valence-electron chi connectivity index (χ0n) is 8.52. The summed E-state index contributed by atoms with van der Waals surface area (Å²) in [6.07, 6.45) is 2.52. The van der Waals surface area contributed by atoms with E-state index in [0.717, 1.165) is 14.9 Å². The van der Waals surface area contributed by atoms with Gasteiger partial charge in [-0.2, -0.15) is 0 Å². The predicted molar refractivity (Wildman–Crippen MR) is 66.0 cm³/mol. The van der Waals surface area contributed by atoms with E-state index in [1.165, 1.54) is 11.3 Å². The van der Waals surface area contributed by atoms with Crippen LogP contribution in [0.5, 0.6) is 0 Å². The Kier molecular flexibility index (Phi) is 3.70. The summed E-state index contributed by atoms with van der Waals surface area (Å²) in [5, 5.41) is 0. The zero-order chi connectivity index (χ0) is 11.4. The largest absolute Gasteiger partial charge is 0.299 e. The first kappa shape index (κ1) is 11.3. The Hall–Kier alpha value is -1.19. The third-order valence-corrected chi connectivity index (χ3v) is 3.34. The smallest absolute Gasteiger partial charge is 0.144 e. The second-order valence-electron chi connectivity index (χ2n) is 3.42. The summed E-state index contributed by atoms with van der Waals surface area (Å²) in [5.74, 6) is 0.164. The Morgan fingerprint density at radius 1 is 1.25 bits per heavy atom. The first-order chi connectivity index (χ1) is 7.74. The van der Waals surface area contributed by atoms with E-state index in [4.69, 9.17) is 11.6 Å². The van der Waals surface area contributed by atoms with Crippen LogP contribution in [-0.4, -0.2) is 10.8 Å². The van der Waals surface area contributed by atoms with Crippen molar-refractivity contribution in [2.75, 3.05) is 0 Å². The number of pyridine rings is 1. The monoisotopic (exact) mass is 251 g/mol. The highest BCUT2D eigenvalue weighted by molar-refractivity contribution is 7.16. The average Bonchev–Trinajstić information content (AvgIpc) is 2.65. The zero-order valence-corrected chi connectivity index (χ0v) is 10.1. The predicted octanol–water partition coefficient (Wildman–Crippen LogP) is 3.15. The maximum Gasteiger partial charge on any atom is 0.144 e. The van der Waals surface area contributed by atoms with Crippen molar-refractivity contribution >= 4 is 28.7 Å². The maximum atomic E-state index is 11.7. The summed E-state index contributed by atoms with van der Waals surface area (Å²) in [6, 6.07) is 9.29. The molecule has 0 bridgehead atoms. The summed E-state index contributed by atoms with van der Waals surface area (Å²) >= 11 is 7.25. The van der Waals surface area contributed by atoms with Crippen molar-refractivity contribution in [2.24, 2.45) is 0 Å². The summed E-state index contributed by atoms with van der Waals surface area (Å²) in [5.41, 5.74) is 0.815. The fraction of sp³-hybridized carbons (Fsp3) is 0.167. The molecule has 0 saturated carbocycles. The van der Waals surface area contributed by atoms with Crippen molar-refractivity contribution < 1.29 is 4.79 Å². The third-order valence-electron chi connectivity index (χ3n) is 2.10. The number of hydrogen-bond donors (Lipinski definition) is 0. The number of ketones is 1. The van der Waals surface area contributed by atoms with Crippen LogP contribution >= 0.6 is 22.9 Å². The molecule has 2 nitrogen and oxygen atoms in total. The lowest BCUT2D eigenvalue weighted by molar-refractivity contribution is -0.117. The number of rotatable bonds is 4. The van der Waals surface area contributed by atoms with Crippen molar-refractivity contribution in [2.45, 2.75) is 12.8 Å². The van der Waals surface area contributed by atoms with Crippen LogP contribution in [-0.2, 0) is 17.6 Å². The van der Waals surface area contributed by atoms with Crippen molar-refractivity contribution in [1.82, 2.24) is 4.98 Å². The molecule has 0 radical (unpaired) electrons. The van der Waals surface area contributed by atoms with Crippen molar-refractivity contribution in [1.29, 1.82) is 0 Å². The number of Topliss-reactive ketones (excluding diaryl/α,β-unsaturated/α-hetero) is 1. The summed E-state index contributed by atoms with van der Waals surface area (Å²) in [7, 11) is 0. The Labute approximate surface area is 103 Å². The minimum absolute atomic E-state index is 0.164. The Balaban J connectivity index is 1.95. The van der Waals surface area contributed by atoms with Gasteiger partial charge in [0.15, 0.2) is 0 Å². The van der Waals surface area contributed by atoms with Gasteiger partial charge in [-0.05, 0) is 24.3 Å². The van der Waals surface area contributed by atoms with Crippen molar-refractivity contribution in [3.05, 3.63) is 51.4 Å². The number of aromatic nitrogens is 1. The molecule has 0 unspecified atom stereocenters. The van der Waals surface area contributed by atoms with E-state index in [0.29, 0.717) is 12.8 Å². The van der Waals surface area contributed by atoms with Crippen molar-refractivity contribution in [3.63, 3.8) is 0 Å².